The number of rotatable bonds is 5. The van der Waals surface area contributed by atoms with Crippen LogP contribution in [-0.4, -0.2) is 42.5 Å². The number of imidazole rings is 1. The maximum absolute atomic E-state index is 13.2. The van der Waals surface area contributed by atoms with E-state index in [-0.39, 0.29) is 11.7 Å². The number of thioether (sulfide) groups is 1. The third-order valence-corrected chi connectivity index (χ3v) is 6.64. The van der Waals surface area contributed by atoms with E-state index in [4.69, 9.17) is 0 Å². The van der Waals surface area contributed by atoms with Gasteiger partial charge >= 0.3 is 0 Å². The van der Waals surface area contributed by atoms with E-state index in [1.165, 1.54) is 11.8 Å². The molecule has 0 saturated carbocycles. The van der Waals surface area contributed by atoms with E-state index in [0.717, 1.165) is 40.6 Å². The standard InChI is InChI=1S/C25H20N6OS/c32-22(30-16-15-29-21-14-8-7-13-20(21)26-24(29)30)17-33-25-28-27-23(18-9-3-1-4-10-18)31(25)19-11-5-2-6-12-19/h1-14H,15-17H2. The van der Waals surface area contributed by atoms with Gasteiger partial charge in [-0.3, -0.25) is 14.3 Å². The highest BCUT2D eigenvalue weighted by atomic mass is 32.2. The van der Waals surface area contributed by atoms with Gasteiger partial charge in [0.2, 0.25) is 11.9 Å². The van der Waals surface area contributed by atoms with Crippen molar-refractivity contribution in [3.05, 3.63) is 84.9 Å². The van der Waals surface area contributed by atoms with Crippen LogP contribution in [-0.2, 0) is 11.3 Å². The van der Waals surface area contributed by atoms with Crippen LogP contribution in [0.4, 0.5) is 5.95 Å². The Hall–Kier alpha value is -3.91. The summed E-state index contributed by atoms with van der Waals surface area (Å²) in [6.45, 7) is 1.39. The third-order valence-electron chi connectivity index (χ3n) is 5.73. The number of para-hydroxylation sites is 3. The van der Waals surface area contributed by atoms with Gasteiger partial charge in [-0.2, -0.15) is 0 Å². The number of benzene rings is 3. The molecule has 0 aliphatic carbocycles. The van der Waals surface area contributed by atoms with Gasteiger partial charge in [0.05, 0.1) is 16.8 Å². The number of carbonyl (C=O) groups excluding carboxylic acids is 1. The van der Waals surface area contributed by atoms with Gasteiger partial charge in [-0.25, -0.2) is 4.98 Å². The average Bonchev–Trinajstić information content (AvgIpc) is 3.57. The van der Waals surface area contributed by atoms with Crippen molar-refractivity contribution >= 4 is 34.7 Å². The monoisotopic (exact) mass is 452 g/mol. The van der Waals surface area contributed by atoms with Crippen LogP contribution >= 0.6 is 11.8 Å². The molecule has 33 heavy (non-hydrogen) atoms. The Morgan fingerprint density at radius 1 is 0.848 bits per heavy atom. The lowest BCUT2D eigenvalue weighted by Gasteiger charge is -2.14. The summed E-state index contributed by atoms with van der Waals surface area (Å²) in [5.74, 6) is 1.73. The highest BCUT2D eigenvalue weighted by Gasteiger charge is 2.28. The molecule has 3 aromatic carbocycles. The van der Waals surface area contributed by atoms with Gasteiger partial charge in [0.1, 0.15) is 0 Å². The fraction of sp³-hybridized carbons (Fsp3) is 0.120. The molecule has 0 N–H and O–H groups in total. The summed E-state index contributed by atoms with van der Waals surface area (Å²) in [4.78, 5) is 19.6. The van der Waals surface area contributed by atoms with E-state index in [9.17, 15) is 4.79 Å². The molecule has 7 nitrogen and oxygen atoms in total. The van der Waals surface area contributed by atoms with Crippen molar-refractivity contribution in [3.8, 4) is 17.1 Å². The highest BCUT2D eigenvalue weighted by Crippen LogP contribution is 2.30. The third kappa shape index (κ3) is 3.48. The summed E-state index contributed by atoms with van der Waals surface area (Å²) in [7, 11) is 0. The number of fused-ring (bicyclic) bond motifs is 3. The summed E-state index contributed by atoms with van der Waals surface area (Å²) in [5.41, 5.74) is 3.90. The van der Waals surface area contributed by atoms with Crippen molar-refractivity contribution in [2.75, 3.05) is 17.2 Å². The van der Waals surface area contributed by atoms with Crippen molar-refractivity contribution in [3.63, 3.8) is 0 Å². The molecule has 2 aromatic heterocycles. The Balaban J connectivity index is 1.29. The Labute approximate surface area is 194 Å². The lowest BCUT2D eigenvalue weighted by atomic mass is 10.2. The summed E-state index contributed by atoms with van der Waals surface area (Å²) >= 11 is 1.39. The lowest BCUT2D eigenvalue weighted by Crippen LogP contribution is -2.31. The molecule has 1 amide bonds. The normalized spacial score (nSPS) is 12.9. The van der Waals surface area contributed by atoms with Gasteiger partial charge in [0, 0.05) is 24.3 Å². The van der Waals surface area contributed by atoms with Crippen molar-refractivity contribution in [1.82, 2.24) is 24.3 Å². The molecule has 0 unspecified atom stereocenters. The smallest absolute Gasteiger partial charge is 0.239 e. The molecule has 1 aliphatic rings. The van der Waals surface area contributed by atoms with Crippen molar-refractivity contribution < 1.29 is 4.79 Å². The highest BCUT2D eigenvalue weighted by molar-refractivity contribution is 7.99. The summed E-state index contributed by atoms with van der Waals surface area (Å²) in [5, 5.41) is 9.57. The fourth-order valence-corrected chi connectivity index (χ4v) is 5.01. The Bertz CT molecular complexity index is 1440. The maximum Gasteiger partial charge on any atom is 0.239 e. The zero-order chi connectivity index (χ0) is 22.2. The summed E-state index contributed by atoms with van der Waals surface area (Å²) in [6.07, 6.45) is 0. The van der Waals surface area contributed by atoms with Crippen LogP contribution in [0.25, 0.3) is 28.1 Å². The molecule has 0 saturated heterocycles. The first-order chi connectivity index (χ1) is 16.3. The van der Waals surface area contributed by atoms with Crippen molar-refractivity contribution in [1.29, 1.82) is 0 Å². The Kier molecular flexibility index (Phi) is 4.92. The molecule has 162 valence electrons. The molecule has 0 fully saturated rings. The predicted octanol–water partition coefficient (Wildman–Crippen LogP) is 4.42. The molecule has 6 rings (SSSR count). The zero-order valence-electron chi connectivity index (χ0n) is 17.7. The Morgan fingerprint density at radius 3 is 2.39 bits per heavy atom. The minimum atomic E-state index is 0.0120. The molecule has 0 spiro atoms. The molecule has 8 heteroatoms. The van der Waals surface area contributed by atoms with Crippen LogP contribution in [0, 0.1) is 0 Å². The SMILES string of the molecule is O=C(CSc1nnc(-c2ccccc2)n1-c1ccccc1)N1CCn2c1nc1ccccc12. The van der Waals surface area contributed by atoms with E-state index in [2.05, 4.69) is 19.7 Å². The minimum Gasteiger partial charge on any atom is -0.308 e. The first-order valence-corrected chi connectivity index (χ1v) is 11.7. The first kappa shape index (κ1) is 19.8. The average molecular weight is 453 g/mol. The molecular weight excluding hydrogens is 432 g/mol. The lowest BCUT2D eigenvalue weighted by molar-refractivity contribution is -0.116. The van der Waals surface area contributed by atoms with Crippen LogP contribution in [0.1, 0.15) is 0 Å². The molecule has 0 radical (unpaired) electrons. The number of hydrogen-bond donors (Lipinski definition) is 0. The topological polar surface area (TPSA) is 68.8 Å². The molecule has 0 atom stereocenters. The van der Waals surface area contributed by atoms with Crippen LogP contribution in [0.5, 0.6) is 0 Å². The largest absolute Gasteiger partial charge is 0.308 e. The number of anilines is 1. The molecule has 1 aliphatic heterocycles. The van der Waals surface area contributed by atoms with Gasteiger partial charge in [-0.15, -0.1) is 10.2 Å². The van der Waals surface area contributed by atoms with E-state index in [1.54, 1.807) is 4.90 Å². The second-order valence-corrected chi connectivity index (χ2v) is 8.67. The van der Waals surface area contributed by atoms with Crippen LogP contribution < -0.4 is 4.90 Å². The Morgan fingerprint density at radius 2 is 1.58 bits per heavy atom. The van der Waals surface area contributed by atoms with Gasteiger partial charge in [0.15, 0.2) is 11.0 Å². The van der Waals surface area contributed by atoms with Gasteiger partial charge in [-0.1, -0.05) is 72.4 Å². The number of nitrogens with zero attached hydrogens (tertiary/aromatic N) is 6. The second-order valence-electron chi connectivity index (χ2n) is 7.73. The number of amides is 1. The number of aromatic nitrogens is 5. The van der Waals surface area contributed by atoms with E-state index in [0.29, 0.717) is 11.7 Å². The van der Waals surface area contributed by atoms with Crippen LogP contribution in [0.2, 0.25) is 0 Å². The van der Waals surface area contributed by atoms with E-state index in [1.807, 2.05) is 89.5 Å². The predicted molar refractivity (Wildman–Crippen MR) is 130 cm³/mol. The maximum atomic E-state index is 13.2. The minimum absolute atomic E-state index is 0.0120. The van der Waals surface area contributed by atoms with E-state index >= 15 is 0 Å². The van der Waals surface area contributed by atoms with Crippen molar-refractivity contribution in [2.45, 2.75) is 11.7 Å². The van der Waals surface area contributed by atoms with Gasteiger partial charge in [-0.05, 0) is 24.3 Å². The van der Waals surface area contributed by atoms with Crippen molar-refractivity contribution in [2.24, 2.45) is 0 Å². The van der Waals surface area contributed by atoms with Crippen LogP contribution in [0.15, 0.2) is 90.1 Å². The number of hydrogen-bond acceptors (Lipinski definition) is 5. The number of carbonyl (C=O) groups is 1. The van der Waals surface area contributed by atoms with E-state index < -0.39 is 0 Å². The fourth-order valence-electron chi connectivity index (χ4n) is 4.18. The quantitative estimate of drug-likeness (QED) is 0.369. The second kappa shape index (κ2) is 8.22. The summed E-state index contributed by atoms with van der Waals surface area (Å²) in [6, 6.07) is 27.9. The molecule has 0 bridgehead atoms. The zero-order valence-corrected chi connectivity index (χ0v) is 18.5. The van der Waals surface area contributed by atoms with Crippen LogP contribution in [0.3, 0.4) is 0 Å². The molecule has 3 heterocycles. The molecular formula is C25H20N6OS. The van der Waals surface area contributed by atoms with Gasteiger partial charge < -0.3 is 4.57 Å². The van der Waals surface area contributed by atoms with Gasteiger partial charge in [0.25, 0.3) is 0 Å². The molecule has 5 aromatic rings. The first-order valence-electron chi connectivity index (χ1n) is 10.7. The summed E-state index contributed by atoms with van der Waals surface area (Å²) < 4.78 is 4.12.